The van der Waals surface area contributed by atoms with E-state index in [1.807, 2.05) is 54.6 Å². The summed E-state index contributed by atoms with van der Waals surface area (Å²) in [7, 11) is -2.50. The molecule has 0 fully saturated rings. The van der Waals surface area contributed by atoms with Crippen molar-refractivity contribution >= 4 is 15.9 Å². The van der Waals surface area contributed by atoms with Crippen LogP contribution in [0.4, 0.5) is 0 Å². The van der Waals surface area contributed by atoms with Crippen LogP contribution in [0.3, 0.4) is 0 Å². The Morgan fingerprint density at radius 2 is 1.62 bits per heavy atom. The zero-order valence-electron chi connectivity index (χ0n) is 19.8. The van der Waals surface area contributed by atoms with E-state index in [0.29, 0.717) is 6.61 Å². The van der Waals surface area contributed by atoms with Crippen LogP contribution in [0, 0.1) is 0 Å². The van der Waals surface area contributed by atoms with E-state index in [4.69, 9.17) is 9.47 Å². The number of benzene rings is 3. The Bertz CT molecular complexity index is 1240. The largest absolute Gasteiger partial charge is 0.495 e. The second kappa shape index (κ2) is 10.7. The standard InChI is InChI=1S/C26H30N2O5S/c1-26(2,3)28-34(30,31)24-16-21(13-14-23(24)32-4)25(29)27-17-19-9-8-10-20(15-19)18-33-22-11-6-5-7-12-22/h5-16,28H,17-18H2,1-4H3,(H,27,29). The van der Waals surface area contributed by atoms with E-state index in [0.717, 1.165) is 16.9 Å². The minimum Gasteiger partial charge on any atom is -0.495 e. The normalized spacial score (nSPS) is 11.6. The number of hydrogen-bond acceptors (Lipinski definition) is 5. The molecule has 0 aliphatic heterocycles. The highest BCUT2D eigenvalue weighted by Gasteiger charge is 2.26. The number of sulfonamides is 1. The highest BCUT2D eigenvalue weighted by molar-refractivity contribution is 7.89. The number of methoxy groups -OCH3 is 1. The van der Waals surface area contributed by atoms with Crippen LogP contribution >= 0.6 is 0 Å². The Balaban J connectivity index is 1.69. The van der Waals surface area contributed by atoms with Crippen LogP contribution < -0.4 is 19.5 Å². The molecule has 2 N–H and O–H groups in total. The van der Waals surface area contributed by atoms with E-state index in [-0.39, 0.29) is 28.7 Å². The van der Waals surface area contributed by atoms with Gasteiger partial charge >= 0.3 is 0 Å². The molecule has 3 rings (SSSR count). The maximum Gasteiger partial charge on any atom is 0.251 e. The first-order chi connectivity index (χ1) is 16.1. The molecule has 180 valence electrons. The topological polar surface area (TPSA) is 93.7 Å². The maximum absolute atomic E-state index is 12.8. The number of hydrogen-bond donors (Lipinski definition) is 2. The zero-order valence-corrected chi connectivity index (χ0v) is 20.6. The molecule has 0 aliphatic carbocycles. The Labute approximate surface area is 201 Å². The van der Waals surface area contributed by atoms with Gasteiger partial charge in [-0.15, -0.1) is 0 Å². The zero-order chi connectivity index (χ0) is 24.8. The van der Waals surface area contributed by atoms with Gasteiger partial charge in [0.2, 0.25) is 10.0 Å². The molecule has 0 aliphatic rings. The minimum atomic E-state index is -3.89. The number of rotatable bonds is 9. The fraction of sp³-hybridized carbons (Fsp3) is 0.269. The summed E-state index contributed by atoms with van der Waals surface area (Å²) < 4.78 is 39.3. The van der Waals surface area contributed by atoms with Gasteiger partial charge in [-0.25, -0.2) is 13.1 Å². The van der Waals surface area contributed by atoms with Gasteiger partial charge < -0.3 is 14.8 Å². The summed E-state index contributed by atoms with van der Waals surface area (Å²) in [6, 6.07) is 21.6. The summed E-state index contributed by atoms with van der Waals surface area (Å²) in [6.07, 6.45) is 0. The molecule has 0 saturated carbocycles. The molecule has 0 unspecified atom stereocenters. The van der Waals surface area contributed by atoms with Crippen molar-refractivity contribution in [2.24, 2.45) is 0 Å². The number of carbonyl (C=O) groups excluding carboxylic acids is 1. The number of carbonyl (C=O) groups is 1. The Hall–Kier alpha value is -3.36. The van der Waals surface area contributed by atoms with Gasteiger partial charge in [-0.1, -0.05) is 42.5 Å². The average molecular weight is 483 g/mol. The molecule has 1 amide bonds. The van der Waals surface area contributed by atoms with Crippen molar-refractivity contribution in [1.82, 2.24) is 10.0 Å². The van der Waals surface area contributed by atoms with Gasteiger partial charge in [0.25, 0.3) is 5.91 Å². The molecule has 3 aromatic rings. The first-order valence-electron chi connectivity index (χ1n) is 10.8. The maximum atomic E-state index is 12.8. The van der Waals surface area contributed by atoms with Crippen LogP contribution in [0.25, 0.3) is 0 Å². The third kappa shape index (κ3) is 7.07. The van der Waals surface area contributed by atoms with Gasteiger partial charge in [-0.05, 0) is 62.2 Å². The quantitative estimate of drug-likeness (QED) is 0.475. The van der Waals surface area contributed by atoms with Crippen molar-refractivity contribution < 1.29 is 22.7 Å². The lowest BCUT2D eigenvalue weighted by Crippen LogP contribution is -2.40. The van der Waals surface area contributed by atoms with Crippen molar-refractivity contribution in [2.45, 2.75) is 44.4 Å². The molecule has 0 aromatic heterocycles. The number of nitrogens with one attached hydrogen (secondary N) is 2. The monoisotopic (exact) mass is 482 g/mol. The van der Waals surface area contributed by atoms with Crippen LogP contribution in [0.15, 0.2) is 77.7 Å². The third-order valence-corrected chi connectivity index (χ3v) is 6.53. The second-order valence-corrected chi connectivity index (χ2v) is 10.5. The van der Waals surface area contributed by atoms with Crippen LogP contribution in [0.1, 0.15) is 42.3 Å². The molecule has 3 aromatic carbocycles. The van der Waals surface area contributed by atoms with Crippen LogP contribution in [0.2, 0.25) is 0 Å². The van der Waals surface area contributed by atoms with E-state index in [1.165, 1.54) is 25.3 Å². The lowest BCUT2D eigenvalue weighted by atomic mass is 10.1. The summed E-state index contributed by atoms with van der Waals surface area (Å²) in [5.74, 6) is 0.563. The molecule has 34 heavy (non-hydrogen) atoms. The van der Waals surface area contributed by atoms with Gasteiger partial charge in [0.05, 0.1) is 7.11 Å². The minimum absolute atomic E-state index is 0.0855. The molecule has 0 bridgehead atoms. The molecule has 0 spiro atoms. The van der Waals surface area contributed by atoms with Crippen LogP contribution in [-0.4, -0.2) is 27.0 Å². The lowest BCUT2D eigenvalue weighted by Gasteiger charge is -2.21. The second-order valence-electron chi connectivity index (χ2n) is 8.83. The SMILES string of the molecule is COc1ccc(C(=O)NCc2cccc(COc3ccccc3)c2)cc1S(=O)(=O)NC(C)(C)C. The van der Waals surface area contributed by atoms with E-state index in [9.17, 15) is 13.2 Å². The molecule has 0 saturated heterocycles. The molecular formula is C26H30N2O5S. The highest BCUT2D eigenvalue weighted by atomic mass is 32.2. The Morgan fingerprint density at radius 1 is 0.912 bits per heavy atom. The molecule has 7 nitrogen and oxygen atoms in total. The fourth-order valence-electron chi connectivity index (χ4n) is 3.28. The lowest BCUT2D eigenvalue weighted by molar-refractivity contribution is 0.0950. The van der Waals surface area contributed by atoms with Crippen molar-refractivity contribution in [3.8, 4) is 11.5 Å². The van der Waals surface area contributed by atoms with Crippen molar-refractivity contribution in [2.75, 3.05) is 7.11 Å². The van der Waals surface area contributed by atoms with Crippen LogP contribution in [-0.2, 0) is 23.2 Å². The van der Waals surface area contributed by atoms with E-state index < -0.39 is 15.6 Å². The third-order valence-electron chi connectivity index (χ3n) is 4.75. The predicted octanol–water partition coefficient (Wildman–Crippen LogP) is 4.28. The Kier molecular flexibility index (Phi) is 7.96. The van der Waals surface area contributed by atoms with Crippen molar-refractivity contribution in [3.63, 3.8) is 0 Å². The fourth-order valence-corrected chi connectivity index (χ4v) is 4.90. The molecule has 0 radical (unpaired) electrons. The van der Waals surface area contributed by atoms with Gasteiger partial charge in [0.1, 0.15) is 23.0 Å². The first kappa shape index (κ1) is 25.3. The highest BCUT2D eigenvalue weighted by Crippen LogP contribution is 2.26. The summed E-state index contributed by atoms with van der Waals surface area (Å²) in [4.78, 5) is 12.7. The summed E-state index contributed by atoms with van der Waals surface area (Å²) in [6.45, 7) is 5.92. The number of para-hydroxylation sites is 1. The number of amides is 1. The first-order valence-corrected chi connectivity index (χ1v) is 12.3. The summed E-state index contributed by atoms with van der Waals surface area (Å²) >= 11 is 0. The van der Waals surface area contributed by atoms with E-state index >= 15 is 0 Å². The number of ether oxygens (including phenoxy) is 2. The van der Waals surface area contributed by atoms with Crippen LogP contribution in [0.5, 0.6) is 11.5 Å². The van der Waals surface area contributed by atoms with Gasteiger partial charge in [0.15, 0.2) is 0 Å². The summed E-state index contributed by atoms with van der Waals surface area (Å²) in [5, 5.41) is 2.84. The predicted molar refractivity (Wildman–Crippen MR) is 131 cm³/mol. The molecule has 8 heteroatoms. The van der Waals surface area contributed by atoms with Gasteiger partial charge in [-0.3, -0.25) is 4.79 Å². The van der Waals surface area contributed by atoms with Gasteiger partial charge in [0, 0.05) is 17.6 Å². The molecule has 0 heterocycles. The smallest absolute Gasteiger partial charge is 0.251 e. The average Bonchev–Trinajstić information content (AvgIpc) is 2.80. The molecule has 0 atom stereocenters. The van der Waals surface area contributed by atoms with Gasteiger partial charge in [-0.2, -0.15) is 0 Å². The van der Waals surface area contributed by atoms with E-state index in [2.05, 4.69) is 10.0 Å². The molecular weight excluding hydrogens is 452 g/mol. The van der Waals surface area contributed by atoms with Crippen molar-refractivity contribution in [1.29, 1.82) is 0 Å². The summed E-state index contributed by atoms with van der Waals surface area (Å²) in [5.41, 5.74) is 1.41. The Morgan fingerprint density at radius 3 is 2.29 bits per heavy atom. The van der Waals surface area contributed by atoms with E-state index in [1.54, 1.807) is 20.8 Å². The van der Waals surface area contributed by atoms with Crippen molar-refractivity contribution in [3.05, 3.63) is 89.5 Å².